The molecule has 0 aromatic heterocycles. The van der Waals surface area contributed by atoms with Gasteiger partial charge in [-0.15, -0.1) is 0 Å². The maximum atomic E-state index is 12.4. The molecule has 0 radical (unpaired) electrons. The number of carbonyl (C=O) groups excluding carboxylic acids is 2. The van der Waals surface area contributed by atoms with Crippen molar-refractivity contribution in [1.29, 1.82) is 0 Å². The van der Waals surface area contributed by atoms with Crippen LogP contribution in [0.1, 0.15) is 17.3 Å². The van der Waals surface area contributed by atoms with Gasteiger partial charge in [-0.3, -0.25) is 4.79 Å². The van der Waals surface area contributed by atoms with E-state index < -0.39 is 28.0 Å². The molecule has 0 heterocycles. The molecule has 0 saturated heterocycles. The van der Waals surface area contributed by atoms with Gasteiger partial charge in [-0.1, -0.05) is 24.3 Å². The largest absolute Gasteiger partial charge is 0.449 e. The van der Waals surface area contributed by atoms with Crippen LogP contribution in [0.25, 0.3) is 0 Å². The summed E-state index contributed by atoms with van der Waals surface area (Å²) >= 11 is 0. The predicted octanol–water partition coefficient (Wildman–Crippen LogP) is 1.80. The molecule has 0 bridgehead atoms. The Bertz CT molecular complexity index is 897. The van der Waals surface area contributed by atoms with Crippen molar-refractivity contribution in [3.63, 3.8) is 0 Å². The van der Waals surface area contributed by atoms with E-state index in [0.29, 0.717) is 5.69 Å². The van der Waals surface area contributed by atoms with E-state index in [1.165, 1.54) is 43.1 Å². The molecule has 2 rings (SSSR count). The van der Waals surface area contributed by atoms with Crippen LogP contribution in [-0.2, 0) is 19.6 Å². The number of para-hydroxylation sites is 1. The molecule has 7 nitrogen and oxygen atoms in total. The predicted molar refractivity (Wildman–Crippen MR) is 97.4 cm³/mol. The third-order valence-electron chi connectivity index (χ3n) is 3.75. The first-order chi connectivity index (χ1) is 12.3. The van der Waals surface area contributed by atoms with Gasteiger partial charge < -0.3 is 9.64 Å². The fourth-order valence-corrected chi connectivity index (χ4v) is 3.01. The van der Waals surface area contributed by atoms with Crippen LogP contribution in [0.2, 0.25) is 0 Å². The minimum Gasteiger partial charge on any atom is -0.449 e. The van der Waals surface area contributed by atoms with Crippen molar-refractivity contribution in [3.05, 3.63) is 60.2 Å². The van der Waals surface area contributed by atoms with Crippen LogP contribution >= 0.6 is 0 Å². The lowest BCUT2D eigenvalue weighted by molar-refractivity contribution is -0.126. The Labute approximate surface area is 152 Å². The highest BCUT2D eigenvalue weighted by Crippen LogP contribution is 2.16. The highest BCUT2D eigenvalue weighted by Gasteiger charge is 2.24. The highest BCUT2D eigenvalue weighted by molar-refractivity contribution is 7.89. The number of anilines is 1. The summed E-state index contributed by atoms with van der Waals surface area (Å²) in [4.78, 5) is 26.0. The summed E-state index contributed by atoms with van der Waals surface area (Å²) in [6.07, 6.45) is -1.03. The maximum absolute atomic E-state index is 12.4. The SMILES string of the molecule is CNS(=O)(=O)c1cccc(C(=O)O[C@@H](C)C(=O)N(C)c2ccccc2)c1. The molecular formula is C18H20N2O5S. The van der Waals surface area contributed by atoms with Gasteiger partial charge in [0.15, 0.2) is 6.10 Å². The average Bonchev–Trinajstić information content (AvgIpc) is 2.67. The topological polar surface area (TPSA) is 92.8 Å². The molecule has 1 N–H and O–H groups in total. The summed E-state index contributed by atoms with van der Waals surface area (Å²) in [5.74, 6) is -1.18. The van der Waals surface area contributed by atoms with Crippen LogP contribution in [0.5, 0.6) is 0 Å². The van der Waals surface area contributed by atoms with E-state index in [-0.39, 0.29) is 10.5 Å². The average molecular weight is 376 g/mol. The first-order valence-corrected chi connectivity index (χ1v) is 9.32. The van der Waals surface area contributed by atoms with Crippen LogP contribution in [0.15, 0.2) is 59.5 Å². The molecule has 0 aliphatic heterocycles. The number of nitrogens with zero attached hydrogens (tertiary/aromatic N) is 1. The number of ether oxygens (including phenoxy) is 1. The molecule has 2 aromatic carbocycles. The summed E-state index contributed by atoms with van der Waals surface area (Å²) in [6, 6.07) is 14.4. The van der Waals surface area contributed by atoms with Crippen molar-refractivity contribution in [2.75, 3.05) is 19.0 Å². The summed E-state index contributed by atoms with van der Waals surface area (Å²) in [5.41, 5.74) is 0.714. The molecule has 1 atom stereocenters. The van der Waals surface area contributed by atoms with Gasteiger partial charge in [-0.05, 0) is 44.3 Å². The zero-order valence-corrected chi connectivity index (χ0v) is 15.5. The van der Waals surface area contributed by atoms with Crippen LogP contribution < -0.4 is 9.62 Å². The van der Waals surface area contributed by atoms with E-state index in [1.807, 2.05) is 6.07 Å². The Kier molecular flexibility index (Phi) is 6.12. The number of hydrogen-bond donors (Lipinski definition) is 1. The van der Waals surface area contributed by atoms with E-state index >= 15 is 0 Å². The number of likely N-dealkylation sites (N-methyl/N-ethyl adjacent to an activating group) is 1. The number of esters is 1. The van der Waals surface area contributed by atoms with Crippen LogP contribution in [0, 0.1) is 0 Å². The second kappa shape index (κ2) is 8.11. The lowest BCUT2D eigenvalue weighted by atomic mass is 10.2. The summed E-state index contributed by atoms with van der Waals surface area (Å²) in [5, 5.41) is 0. The van der Waals surface area contributed by atoms with Gasteiger partial charge in [0.05, 0.1) is 10.5 Å². The van der Waals surface area contributed by atoms with Gasteiger partial charge in [0.25, 0.3) is 5.91 Å². The van der Waals surface area contributed by atoms with Crippen molar-refractivity contribution >= 4 is 27.6 Å². The van der Waals surface area contributed by atoms with Gasteiger partial charge in [-0.2, -0.15) is 0 Å². The van der Waals surface area contributed by atoms with Crippen molar-refractivity contribution in [3.8, 4) is 0 Å². The standard InChI is InChI=1S/C18H20N2O5S/c1-13(17(21)20(3)15-9-5-4-6-10-15)25-18(22)14-8-7-11-16(12-14)26(23,24)19-2/h4-13,19H,1-3H3/t13-/m0/s1. The summed E-state index contributed by atoms with van der Waals surface area (Å²) in [7, 11) is -0.818. The lowest BCUT2D eigenvalue weighted by Gasteiger charge is -2.21. The lowest BCUT2D eigenvalue weighted by Crippen LogP contribution is -2.37. The van der Waals surface area contributed by atoms with Gasteiger partial charge in [-0.25, -0.2) is 17.9 Å². The van der Waals surface area contributed by atoms with E-state index in [4.69, 9.17) is 4.74 Å². The Hall–Kier alpha value is -2.71. The molecule has 0 aliphatic carbocycles. The highest BCUT2D eigenvalue weighted by atomic mass is 32.2. The fraction of sp³-hybridized carbons (Fsp3) is 0.222. The van der Waals surface area contributed by atoms with Crippen LogP contribution in [0.4, 0.5) is 5.69 Å². The number of carbonyl (C=O) groups is 2. The smallest absolute Gasteiger partial charge is 0.338 e. The quantitative estimate of drug-likeness (QED) is 0.776. The summed E-state index contributed by atoms with van der Waals surface area (Å²) in [6.45, 7) is 1.47. The molecule has 0 spiro atoms. The van der Waals surface area contributed by atoms with E-state index in [0.717, 1.165) is 0 Å². The molecule has 0 saturated carbocycles. The molecule has 8 heteroatoms. The summed E-state index contributed by atoms with van der Waals surface area (Å²) < 4.78 is 31.0. The Balaban J connectivity index is 2.12. The minimum absolute atomic E-state index is 0.0448. The third kappa shape index (κ3) is 4.47. The van der Waals surface area contributed by atoms with Crippen LogP contribution in [-0.4, -0.2) is 40.5 Å². The normalized spacial score (nSPS) is 12.3. The van der Waals surface area contributed by atoms with Gasteiger partial charge in [0, 0.05) is 12.7 Å². The van der Waals surface area contributed by atoms with Gasteiger partial charge in [0.1, 0.15) is 0 Å². The van der Waals surface area contributed by atoms with Crippen molar-refractivity contribution in [1.82, 2.24) is 4.72 Å². The van der Waals surface area contributed by atoms with Crippen molar-refractivity contribution in [2.24, 2.45) is 0 Å². The molecule has 26 heavy (non-hydrogen) atoms. The maximum Gasteiger partial charge on any atom is 0.338 e. The number of rotatable bonds is 6. The number of benzene rings is 2. The van der Waals surface area contributed by atoms with Crippen molar-refractivity contribution in [2.45, 2.75) is 17.9 Å². The molecule has 0 fully saturated rings. The van der Waals surface area contributed by atoms with Crippen LogP contribution in [0.3, 0.4) is 0 Å². The molecule has 0 unspecified atom stereocenters. The number of amides is 1. The molecule has 1 amide bonds. The molecular weight excluding hydrogens is 356 g/mol. The van der Waals surface area contributed by atoms with E-state index in [2.05, 4.69) is 4.72 Å². The molecule has 2 aromatic rings. The first-order valence-electron chi connectivity index (χ1n) is 7.83. The van der Waals surface area contributed by atoms with E-state index in [1.54, 1.807) is 31.3 Å². The number of nitrogens with one attached hydrogen (secondary N) is 1. The Morgan fingerprint density at radius 2 is 1.73 bits per heavy atom. The minimum atomic E-state index is -3.68. The number of hydrogen-bond acceptors (Lipinski definition) is 5. The van der Waals surface area contributed by atoms with Gasteiger partial charge in [0.2, 0.25) is 10.0 Å². The Morgan fingerprint density at radius 3 is 2.35 bits per heavy atom. The first kappa shape index (κ1) is 19.6. The third-order valence-corrected chi connectivity index (χ3v) is 5.17. The fourth-order valence-electron chi connectivity index (χ4n) is 2.24. The van der Waals surface area contributed by atoms with Crippen molar-refractivity contribution < 1.29 is 22.7 Å². The second-order valence-corrected chi connectivity index (χ2v) is 7.40. The second-order valence-electron chi connectivity index (χ2n) is 5.52. The van der Waals surface area contributed by atoms with Gasteiger partial charge >= 0.3 is 5.97 Å². The monoisotopic (exact) mass is 376 g/mol. The molecule has 138 valence electrons. The Morgan fingerprint density at radius 1 is 1.08 bits per heavy atom. The molecule has 0 aliphatic rings. The number of sulfonamides is 1. The zero-order valence-electron chi connectivity index (χ0n) is 14.7. The van der Waals surface area contributed by atoms with E-state index in [9.17, 15) is 18.0 Å². The zero-order chi connectivity index (χ0) is 19.3.